The van der Waals surface area contributed by atoms with Gasteiger partial charge in [-0.3, -0.25) is 0 Å². The second-order valence-corrected chi connectivity index (χ2v) is 9.48. The van der Waals surface area contributed by atoms with E-state index in [1.165, 1.54) is 29.6 Å². The van der Waals surface area contributed by atoms with Gasteiger partial charge in [-0.05, 0) is 41.5 Å². The van der Waals surface area contributed by atoms with Crippen LogP contribution in [0.25, 0.3) is 0 Å². The fraction of sp³-hybridized carbons (Fsp3) is 0.136. The third-order valence-electron chi connectivity index (χ3n) is 4.40. The molecule has 0 fully saturated rings. The van der Waals surface area contributed by atoms with E-state index in [1.807, 2.05) is 30.3 Å². The summed E-state index contributed by atoms with van der Waals surface area (Å²) in [6, 6.07) is 20.1. The molecule has 3 rings (SSSR count). The van der Waals surface area contributed by atoms with Crippen molar-refractivity contribution in [3.63, 3.8) is 0 Å². The Morgan fingerprint density at radius 3 is 2.27 bits per heavy atom. The molecule has 0 N–H and O–H groups in total. The van der Waals surface area contributed by atoms with Crippen molar-refractivity contribution in [1.29, 1.82) is 0 Å². The topological polar surface area (TPSA) is 63.7 Å². The summed E-state index contributed by atoms with van der Waals surface area (Å²) in [5.74, 6) is -0.710. The molecule has 0 unspecified atom stereocenters. The predicted octanol–water partition coefficient (Wildman–Crippen LogP) is 5.17. The van der Waals surface area contributed by atoms with Crippen LogP contribution in [-0.2, 0) is 27.9 Å². The van der Waals surface area contributed by atoms with Crippen molar-refractivity contribution >= 4 is 39.2 Å². The number of carbonyl (C=O) groups is 1. The summed E-state index contributed by atoms with van der Waals surface area (Å²) < 4.78 is 32.4. The maximum Gasteiger partial charge on any atom is 0.340 e. The summed E-state index contributed by atoms with van der Waals surface area (Å²) in [7, 11) is -2.35. The zero-order valence-corrected chi connectivity index (χ0v) is 18.4. The van der Waals surface area contributed by atoms with Gasteiger partial charge in [0.05, 0.1) is 15.5 Å². The van der Waals surface area contributed by atoms with E-state index in [2.05, 4.69) is 0 Å². The lowest BCUT2D eigenvalue weighted by atomic mass is 10.2. The van der Waals surface area contributed by atoms with E-state index in [1.54, 1.807) is 24.3 Å². The molecule has 0 aliphatic rings. The van der Waals surface area contributed by atoms with E-state index >= 15 is 0 Å². The predicted molar refractivity (Wildman–Crippen MR) is 117 cm³/mol. The average Bonchev–Trinajstić information content (AvgIpc) is 2.74. The van der Waals surface area contributed by atoms with Crippen molar-refractivity contribution in [2.75, 3.05) is 7.05 Å². The average molecular weight is 464 g/mol. The van der Waals surface area contributed by atoms with Crippen molar-refractivity contribution in [3.05, 3.63) is 99.5 Å². The summed E-state index contributed by atoms with van der Waals surface area (Å²) in [5.41, 5.74) is 1.58. The van der Waals surface area contributed by atoms with E-state index in [0.29, 0.717) is 5.02 Å². The first kappa shape index (κ1) is 22.3. The van der Waals surface area contributed by atoms with Crippen LogP contribution in [0.1, 0.15) is 21.5 Å². The van der Waals surface area contributed by atoms with E-state index in [9.17, 15) is 13.2 Å². The molecule has 156 valence electrons. The Morgan fingerprint density at radius 2 is 1.60 bits per heavy atom. The molecule has 0 atom stereocenters. The van der Waals surface area contributed by atoms with E-state index in [4.69, 9.17) is 27.9 Å². The van der Waals surface area contributed by atoms with Crippen LogP contribution in [0.2, 0.25) is 10.0 Å². The second-order valence-electron chi connectivity index (χ2n) is 6.59. The number of hydrogen-bond donors (Lipinski definition) is 0. The first-order valence-corrected chi connectivity index (χ1v) is 11.2. The van der Waals surface area contributed by atoms with Crippen LogP contribution in [0.15, 0.2) is 77.7 Å². The first-order valence-electron chi connectivity index (χ1n) is 8.99. The van der Waals surface area contributed by atoms with E-state index < -0.39 is 16.0 Å². The van der Waals surface area contributed by atoms with Crippen molar-refractivity contribution in [2.24, 2.45) is 0 Å². The van der Waals surface area contributed by atoms with Gasteiger partial charge in [-0.15, -0.1) is 0 Å². The standard InChI is InChI=1S/C22H19Cl2NO4S/c1-25(14-16-5-3-2-4-6-16)30(27,28)19-11-12-21(24)20(13-19)22(26)29-15-17-7-9-18(23)10-8-17/h2-13H,14-15H2,1H3. The molecule has 0 aliphatic carbocycles. The Kier molecular flexibility index (Phi) is 7.15. The fourth-order valence-electron chi connectivity index (χ4n) is 2.73. The lowest BCUT2D eigenvalue weighted by Gasteiger charge is -2.18. The maximum absolute atomic E-state index is 13.0. The molecule has 30 heavy (non-hydrogen) atoms. The molecule has 0 heterocycles. The molecular weight excluding hydrogens is 445 g/mol. The van der Waals surface area contributed by atoms with Crippen LogP contribution in [0.3, 0.4) is 0 Å². The number of rotatable bonds is 7. The first-order chi connectivity index (χ1) is 14.3. The molecule has 0 saturated carbocycles. The number of ether oxygens (including phenoxy) is 1. The molecule has 0 amide bonds. The number of sulfonamides is 1. The minimum atomic E-state index is -3.83. The smallest absolute Gasteiger partial charge is 0.340 e. The SMILES string of the molecule is CN(Cc1ccccc1)S(=O)(=O)c1ccc(Cl)c(C(=O)OCc2ccc(Cl)cc2)c1. The van der Waals surface area contributed by atoms with Gasteiger partial charge in [-0.2, -0.15) is 4.31 Å². The largest absolute Gasteiger partial charge is 0.457 e. The fourth-order valence-corrected chi connectivity index (χ4v) is 4.24. The molecule has 0 saturated heterocycles. The number of benzene rings is 3. The Hall–Kier alpha value is -2.38. The summed E-state index contributed by atoms with van der Waals surface area (Å²) in [6.45, 7) is 0.208. The van der Waals surface area contributed by atoms with Gasteiger partial charge < -0.3 is 4.74 Å². The Morgan fingerprint density at radius 1 is 0.933 bits per heavy atom. The normalized spacial score (nSPS) is 11.5. The van der Waals surface area contributed by atoms with Gasteiger partial charge in [0.2, 0.25) is 10.0 Å². The van der Waals surface area contributed by atoms with Crippen molar-refractivity contribution in [3.8, 4) is 0 Å². The zero-order valence-electron chi connectivity index (χ0n) is 16.1. The Bertz CT molecular complexity index is 1130. The molecular formula is C22H19Cl2NO4S. The van der Waals surface area contributed by atoms with Gasteiger partial charge >= 0.3 is 5.97 Å². The molecule has 0 spiro atoms. The summed E-state index contributed by atoms with van der Waals surface area (Å²) >= 11 is 12.0. The molecule has 0 aliphatic heterocycles. The van der Waals surface area contributed by atoms with Crippen LogP contribution >= 0.6 is 23.2 Å². The van der Waals surface area contributed by atoms with Crippen LogP contribution in [0.5, 0.6) is 0 Å². The van der Waals surface area contributed by atoms with Gasteiger partial charge in [-0.1, -0.05) is 65.7 Å². The highest BCUT2D eigenvalue weighted by atomic mass is 35.5. The molecule has 0 aromatic heterocycles. The van der Waals surface area contributed by atoms with Crippen molar-refractivity contribution in [1.82, 2.24) is 4.31 Å². The Labute approximate surface area is 185 Å². The number of nitrogens with zero attached hydrogens (tertiary/aromatic N) is 1. The maximum atomic E-state index is 13.0. The van der Waals surface area contributed by atoms with E-state index in [-0.39, 0.29) is 28.6 Å². The number of esters is 1. The third kappa shape index (κ3) is 5.40. The Balaban J connectivity index is 1.77. The summed E-state index contributed by atoms with van der Waals surface area (Å²) in [5, 5.41) is 0.686. The lowest BCUT2D eigenvalue weighted by molar-refractivity contribution is 0.0472. The van der Waals surface area contributed by atoms with Gasteiger partial charge in [-0.25, -0.2) is 13.2 Å². The molecule has 0 radical (unpaired) electrons. The van der Waals surface area contributed by atoms with Gasteiger partial charge in [0.15, 0.2) is 0 Å². The van der Waals surface area contributed by atoms with Crippen LogP contribution in [-0.4, -0.2) is 25.7 Å². The monoisotopic (exact) mass is 463 g/mol. The van der Waals surface area contributed by atoms with Crippen LogP contribution < -0.4 is 0 Å². The molecule has 5 nitrogen and oxygen atoms in total. The van der Waals surface area contributed by atoms with Gasteiger partial charge in [0.1, 0.15) is 6.61 Å². The highest BCUT2D eigenvalue weighted by molar-refractivity contribution is 7.89. The summed E-state index contributed by atoms with van der Waals surface area (Å²) in [6.07, 6.45) is 0. The van der Waals surface area contributed by atoms with Crippen molar-refractivity contribution in [2.45, 2.75) is 18.0 Å². The quantitative estimate of drug-likeness (QED) is 0.453. The minimum Gasteiger partial charge on any atom is -0.457 e. The van der Waals surface area contributed by atoms with Gasteiger partial charge in [0.25, 0.3) is 0 Å². The highest BCUT2D eigenvalue weighted by Gasteiger charge is 2.24. The van der Waals surface area contributed by atoms with E-state index in [0.717, 1.165) is 11.1 Å². The molecule has 8 heteroatoms. The summed E-state index contributed by atoms with van der Waals surface area (Å²) in [4.78, 5) is 12.5. The number of carbonyl (C=O) groups excluding carboxylic acids is 1. The molecule has 3 aromatic carbocycles. The van der Waals surface area contributed by atoms with Crippen molar-refractivity contribution < 1.29 is 17.9 Å². The lowest BCUT2D eigenvalue weighted by Crippen LogP contribution is -2.26. The third-order valence-corrected chi connectivity index (χ3v) is 6.78. The van der Waals surface area contributed by atoms with Crippen LogP contribution in [0, 0.1) is 0 Å². The zero-order chi connectivity index (χ0) is 21.7. The molecule has 3 aromatic rings. The van der Waals surface area contributed by atoms with Gasteiger partial charge in [0, 0.05) is 18.6 Å². The minimum absolute atomic E-state index is 0.0111. The second kappa shape index (κ2) is 9.62. The number of halogens is 2. The van der Waals surface area contributed by atoms with Crippen LogP contribution in [0.4, 0.5) is 0 Å². The number of hydrogen-bond acceptors (Lipinski definition) is 4. The highest BCUT2D eigenvalue weighted by Crippen LogP contribution is 2.24. The molecule has 0 bridgehead atoms.